The summed E-state index contributed by atoms with van der Waals surface area (Å²) in [4.78, 5) is 21.2. The minimum absolute atomic E-state index is 0.0715. The normalized spacial score (nSPS) is 20.4. The molecule has 0 N–H and O–H groups in total. The van der Waals surface area contributed by atoms with E-state index in [1.54, 1.807) is 0 Å². The third-order valence-corrected chi connectivity index (χ3v) is 7.25. The summed E-state index contributed by atoms with van der Waals surface area (Å²) >= 11 is 0. The van der Waals surface area contributed by atoms with Gasteiger partial charge >= 0.3 is 0 Å². The number of hydrogen-bond acceptors (Lipinski definition) is 7. The zero-order valence-electron chi connectivity index (χ0n) is 18.0. The molecule has 2 saturated heterocycles. The third kappa shape index (κ3) is 5.07. The maximum Gasteiger partial charge on any atom is 0.227 e. The highest BCUT2D eigenvalue weighted by Gasteiger charge is 2.35. The van der Waals surface area contributed by atoms with Gasteiger partial charge < -0.3 is 14.3 Å². The van der Waals surface area contributed by atoms with Gasteiger partial charge in [0.1, 0.15) is 0 Å². The van der Waals surface area contributed by atoms with Crippen molar-refractivity contribution < 1.29 is 17.7 Å². The molecular weight excluding hydrogens is 418 g/mol. The summed E-state index contributed by atoms with van der Waals surface area (Å²) in [5, 5.41) is 3.98. The van der Waals surface area contributed by atoms with Crippen LogP contribution in [0.4, 0.5) is 5.69 Å². The van der Waals surface area contributed by atoms with E-state index in [0.717, 1.165) is 19.5 Å². The van der Waals surface area contributed by atoms with Crippen molar-refractivity contribution in [3.05, 3.63) is 41.5 Å². The second kappa shape index (κ2) is 8.96. The Kier molecular flexibility index (Phi) is 6.29. The molecule has 0 aliphatic carbocycles. The van der Waals surface area contributed by atoms with Gasteiger partial charge in [-0.2, -0.15) is 9.29 Å². The summed E-state index contributed by atoms with van der Waals surface area (Å²) in [6.07, 6.45) is 3.30. The quantitative estimate of drug-likeness (QED) is 0.665. The van der Waals surface area contributed by atoms with Gasteiger partial charge in [0.15, 0.2) is 5.82 Å². The average Bonchev–Trinajstić information content (AvgIpc) is 3.41. The lowest BCUT2D eigenvalue weighted by atomic mass is 10.2. The van der Waals surface area contributed by atoms with Crippen molar-refractivity contribution in [2.45, 2.75) is 38.6 Å². The van der Waals surface area contributed by atoms with Gasteiger partial charge in [-0.1, -0.05) is 17.3 Å². The molecule has 2 aliphatic rings. The number of aryl methyl sites for hydroxylation is 2. The highest BCUT2D eigenvalue weighted by atomic mass is 32.2. The Morgan fingerprint density at radius 1 is 1.19 bits per heavy atom. The van der Waals surface area contributed by atoms with E-state index < -0.39 is 10.0 Å². The standard InChI is InChI=1S/C21H29N5O4S/c1-16-5-3-6-17(15-16)24-11-13-25(14-12-24)20(27)9-8-19-22-21(23-30-19)18-7-4-10-26(18)31(2,28)29/h3,5-6,15,18H,4,7-14H2,1-2H3. The molecule has 9 nitrogen and oxygen atoms in total. The van der Waals surface area contributed by atoms with Crippen molar-refractivity contribution in [3.8, 4) is 0 Å². The van der Waals surface area contributed by atoms with Gasteiger partial charge in [-0.15, -0.1) is 0 Å². The summed E-state index contributed by atoms with van der Waals surface area (Å²) < 4.78 is 30.6. The number of sulfonamides is 1. The van der Waals surface area contributed by atoms with E-state index >= 15 is 0 Å². The molecule has 0 radical (unpaired) electrons. The average molecular weight is 448 g/mol. The summed E-state index contributed by atoms with van der Waals surface area (Å²) in [7, 11) is -3.31. The minimum atomic E-state index is -3.31. The van der Waals surface area contributed by atoms with E-state index in [0.29, 0.717) is 50.6 Å². The fourth-order valence-electron chi connectivity index (χ4n) is 4.31. The van der Waals surface area contributed by atoms with Crippen molar-refractivity contribution in [3.63, 3.8) is 0 Å². The lowest BCUT2D eigenvalue weighted by Crippen LogP contribution is -2.48. The number of carbonyl (C=O) groups excluding carboxylic acids is 1. The maximum absolute atomic E-state index is 12.6. The highest BCUT2D eigenvalue weighted by Crippen LogP contribution is 2.32. The van der Waals surface area contributed by atoms with Crippen LogP contribution in [-0.2, 0) is 21.2 Å². The Morgan fingerprint density at radius 2 is 1.97 bits per heavy atom. The first-order valence-corrected chi connectivity index (χ1v) is 12.5. The molecule has 3 heterocycles. The number of rotatable bonds is 6. The summed E-state index contributed by atoms with van der Waals surface area (Å²) in [6.45, 7) is 5.55. The molecule has 1 aromatic heterocycles. The highest BCUT2D eigenvalue weighted by molar-refractivity contribution is 7.88. The Morgan fingerprint density at radius 3 is 2.68 bits per heavy atom. The first-order valence-electron chi connectivity index (χ1n) is 10.7. The summed E-state index contributed by atoms with van der Waals surface area (Å²) in [5.41, 5.74) is 2.42. The van der Waals surface area contributed by atoms with Crippen molar-refractivity contribution in [2.75, 3.05) is 43.9 Å². The number of aromatic nitrogens is 2. The van der Waals surface area contributed by atoms with Gasteiger partial charge in [0.25, 0.3) is 0 Å². The van der Waals surface area contributed by atoms with Crippen LogP contribution in [0.3, 0.4) is 0 Å². The number of anilines is 1. The van der Waals surface area contributed by atoms with Crippen molar-refractivity contribution in [1.29, 1.82) is 0 Å². The van der Waals surface area contributed by atoms with Crippen LogP contribution in [-0.4, -0.2) is 72.7 Å². The van der Waals surface area contributed by atoms with Crippen LogP contribution in [0.2, 0.25) is 0 Å². The number of benzene rings is 1. The van der Waals surface area contributed by atoms with Gasteiger partial charge in [-0.3, -0.25) is 4.79 Å². The molecule has 168 valence electrons. The van der Waals surface area contributed by atoms with E-state index in [2.05, 4.69) is 46.2 Å². The van der Waals surface area contributed by atoms with E-state index in [4.69, 9.17) is 4.52 Å². The van der Waals surface area contributed by atoms with Gasteiger partial charge in [-0.25, -0.2) is 8.42 Å². The Labute approximate surface area is 183 Å². The van der Waals surface area contributed by atoms with Crippen LogP contribution in [0.1, 0.15) is 42.6 Å². The zero-order valence-corrected chi connectivity index (χ0v) is 18.8. The molecule has 1 amide bonds. The van der Waals surface area contributed by atoms with Gasteiger partial charge in [0.05, 0.1) is 12.3 Å². The molecule has 31 heavy (non-hydrogen) atoms. The Bertz CT molecular complexity index is 1030. The fourth-order valence-corrected chi connectivity index (χ4v) is 5.43. The Balaban J connectivity index is 1.28. The van der Waals surface area contributed by atoms with Crippen LogP contribution in [0, 0.1) is 6.92 Å². The van der Waals surface area contributed by atoms with Crippen LogP contribution in [0.15, 0.2) is 28.8 Å². The molecule has 10 heteroatoms. The van der Waals surface area contributed by atoms with Crippen LogP contribution in [0.25, 0.3) is 0 Å². The number of amides is 1. The van der Waals surface area contributed by atoms with Crippen LogP contribution < -0.4 is 4.90 Å². The van der Waals surface area contributed by atoms with Crippen molar-refractivity contribution >= 4 is 21.6 Å². The van der Waals surface area contributed by atoms with Crippen molar-refractivity contribution in [1.82, 2.24) is 19.3 Å². The molecule has 1 unspecified atom stereocenters. The van der Waals surface area contributed by atoms with Crippen LogP contribution in [0.5, 0.6) is 0 Å². The summed E-state index contributed by atoms with van der Waals surface area (Å²) in [6, 6.07) is 8.03. The topological polar surface area (TPSA) is 99.8 Å². The minimum Gasteiger partial charge on any atom is -0.368 e. The first kappa shape index (κ1) is 21.8. The predicted octanol–water partition coefficient (Wildman–Crippen LogP) is 1.76. The molecule has 0 saturated carbocycles. The lowest BCUT2D eigenvalue weighted by Gasteiger charge is -2.36. The van der Waals surface area contributed by atoms with Gasteiger partial charge in [0.2, 0.25) is 21.8 Å². The SMILES string of the molecule is Cc1cccc(N2CCN(C(=O)CCc3nc(C4CCCN4S(C)(=O)=O)no3)CC2)c1. The molecule has 4 rings (SSSR count). The third-order valence-electron chi connectivity index (χ3n) is 5.96. The maximum atomic E-state index is 12.6. The number of nitrogens with zero attached hydrogens (tertiary/aromatic N) is 5. The molecular formula is C21H29N5O4S. The number of carbonyl (C=O) groups is 1. The van der Waals surface area contributed by atoms with E-state index in [9.17, 15) is 13.2 Å². The molecule has 0 bridgehead atoms. The van der Waals surface area contributed by atoms with E-state index in [1.165, 1.54) is 21.8 Å². The molecule has 2 aliphatic heterocycles. The van der Waals surface area contributed by atoms with Crippen LogP contribution >= 0.6 is 0 Å². The second-order valence-corrected chi connectivity index (χ2v) is 10.2. The molecule has 2 fully saturated rings. The van der Waals surface area contributed by atoms with E-state index in [1.807, 2.05) is 4.90 Å². The van der Waals surface area contributed by atoms with Gasteiger partial charge in [-0.05, 0) is 37.5 Å². The monoisotopic (exact) mass is 447 g/mol. The largest absolute Gasteiger partial charge is 0.368 e. The van der Waals surface area contributed by atoms with E-state index in [-0.39, 0.29) is 11.9 Å². The zero-order chi connectivity index (χ0) is 22.0. The molecule has 1 atom stereocenters. The smallest absolute Gasteiger partial charge is 0.227 e. The molecule has 1 aromatic carbocycles. The Hall–Kier alpha value is -2.46. The number of hydrogen-bond donors (Lipinski definition) is 0. The predicted molar refractivity (Wildman–Crippen MR) is 116 cm³/mol. The first-order chi connectivity index (χ1) is 14.8. The number of piperazine rings is 1. The lowest BCUT2D eigenvalue weighted by molar-refractivity contribution is -0.131. The molecule has 2 aromatic rings. The summed E-state index contributed by atoms with van der Waals surface area (Å²) in [5.74, 6) is 0.835. The second-order valence-electron chi connectivity index (χ2n) is 8.28. The molecule has 0 spiro atoms. The van der Waals surface area contributed by atoms with Crippen molar-refractivity contribution in [2.24, 2.45) is 0 Å². The van der Waals surface area contributed by atoms with Gasteiger partial charge in [0, 0.05) is 51.3 Å². The fraction of sp³-hybridized carbons (Fsp3) is 0.571.